The van der Waals surface area contributed by atoms with E-state index in [1.54, 1.807) is 6.07 Å². The van der Waals surface area contributed by atoms with Crippen LogP contribution in [0.25, 0.3) is 10.9 Å². The molecule has 0 fully saturated rings. The van der Waals surface area contributed by atoms with Gasteiger partial charge in [-0.15, -0.1) is 0 Å². The van der Waals surface area contributed by atoms with E-state index in [-0.39, 0.29) is 27.2 Å². The molecule has 1 aromatic carbocycles. The molecule has 0 aliphatic rings. The fourth-order valence-corrected chi connectivity index (χ4v) is 2.09. The van der Waals surface area contributed by atoms with E-state index in [0.717, 1.165) is 4.57 Å². The van der Waals surface area contributed by atoms with Crippen molar-refractivity contribution in [1.82, 2.24) is 4.57 Å². The van der Waals surface area contributed by atoms with Crippen molar-refractivity contribution in [1.29, 1.82) is 10.5 Å². The van der Waals surface area contributed by atoms with Gasteiger partial charge in [-0.25, -0.2) is 0 Å². The van der Waals surface area contributed by atoms with E-state index in [1.165, 1.54) is 18.2 Å². The Morgan fingerprint density at radius 3 is 2.42 bits per heavy atom. The van der Waals surface area contributed by atoms with Gasteiger partial charge in [-0.05, 0) is 18.2 Å². The summed E-state index contributed by atoms with van der Waals surface area (Å²) < 4.78 is 38.3. The van der Waals surface area contributed by atoms with Gasteiger partial charge in [0.2, 0.25) is 0 Å². The molecule has 1 aromatic heterocycles. The molecule has 19 heavy (non-hydrogen) atoms. The molecule has 0 amide bonds. The van der Waals surface area contributed by atoms with Crippen molar-refractivity contribution >= 4 is 22.5 Å². The van der Waals surface area contributed by atoms with Crippen LogP contribution in [0.15, 0.2) is 18.2 Å². The van der Waals surface area contributed by atoms with E-state index in [2.05, 4.69) is 0 Å². The summed E-state index contributed by atoms with van der Waals surface area (Å²) in [5, 5.41) is 18.0. The smallest absolute Gasteiger partial charge is 0.323 e. The number of nitriles is 2. The van der Waals surface area contributed by atoms with E-state index >= 15 is 0 Å². The van der Waals surface area contributed by atoms with Crippen LogP contribution >= 0.6 is 11.6 Å². The van der Waals surface area contributed by atoms with Gasteiger partial charge >= 0.3 is 6.18 Å². The minimum atomic E-state index is -4.45. The van der Waals surface area contributed by atoms with Crippen LogP contribution < -0.4 is 0 Å². The van der Waals surface area contributed by atoms with Crippen LogP contribution in [-0.2, 0) is 6.54 Å². The summed E-state index contributed by atoms with van der Waals surface area (Å²) in [5.41, 5.74) is 0.185. The zero-order valence-corrected chi connectivity index (χ0v) is 10.0. The summed E-state index contributed by atoms with van der Waals surface area (Å²) in [6, 6.07) is 7.47. The fourth-order valence-electron chi connectivity index (χ4n) is 1.83. The summed E-state index contributed by atoms with van der Waals surface area (Å²) in [5.74, 6) is 0. The highest BCUT2D eigenvalue weighted by molar-refractivity contribution is 6.36. The van der Waals surface area contributed by atoms with Crippen molar-refractivity contribution in [3.05, 3.63) is 34.5 Å². The zero-order valence-electron chi connectivity index (χ0n) is 9.29. The van der Waals surface area contributed by atoms with Gasteiger partial charge in [0.05, 0.1) is 16.1 Å². The molecular weight excluding hydrogens is 279 g/mol. The molecule has 96 valence electrons. The molecule has 0 aliphatic carbocycles. The van der Waals surface area contributed by atoms with Crippen molar-refractivity contribution in [2.75, 3.05) is 0 Å². The Morgan fingerprint density at radius 1 is 1.21 bits per heavy atom. The molecule has 2 aromatic rings. The Morgan fingerprint density at radius 2 is 1.89 bits per heavy atom. The molecule has 0 saturated heterocycles. The van der Waals surface area contributed by atoms with Gasteiger partial charge in [-0.1, -0.05) is 11.6 Å². The number of halogens is 4. The maximum Gasteiger partial charge on any atom is 0.406 e. The summed E-state index contributed by atoms with van der Waals surface area (Å²) in [6.45, 7) is -1.28. The first-order chi connectivity index (χ1) is 8.87. The Balaban J connectivity index is 2.75. The van der Waals surface area contributed by atoms with Crippen LogP contribution in [0.5, 0.6) is 0 Å². The predicted octanol–water partition coefficient (Wildman–Crippen LogP) is 3.60. The third kappa shape index (κ3) is 2.35. The maximum absolute atomic E-state index is 12.5. The first kappa shape index (κ1) is 13.3. The summed E-state index contributed by atoms with van der Waals surface area (Å²) >= 11 is 5.93. The lowest BCUT2D eigenvalue weighted by Crippen LogP contribution is -2.18. The van der Waals surface area contributed by atoms with Gasteiger partial charge < -0.3 is 4.57 Å². The lowest BCUT2D eigenvalue weighted by atomic mass is 10.1. The van der Waals surface area contributed by atoms with E-state index in [0.29, 0.717) is 0 Å². The number of nitrogens with zero attached hydrogens (tertiary/aromatic N) is 3. The molecule has 0 radical (unpaired) electrons. The minimum absolute atomic E-state index is 0.0532. The zero-order chi connectivity index (χ0) is 14.2. The van der Waals surface area contributed by atoms with E-state index < -0.39 is 12.7 Å². The SMILES string of the molecule is N#Cc1ccc2c(cc(C#N)n2CC(F)(F)F)c1Cl. The van der Waals surface area contributed by atoms with Gasteiger partial charge in [0.15, 0.2) is 0 Å². The highest BCUT2D eigenvalue weighted by Crippen LogP contribution is 2.31. The molecular formula is C12H5ClF3N3. The number of aromatic nitrogens is 1. The number of hydrogen-bond donors (Lipinski definition) is 0. The molecule has 0 aliphatic heterocycles. The third-order valence-electron chi connectivity index (χ3n) is 2.59. The van der Waals surface area contributed by atoms with Crippen LogP contribution in [0.3, 0.4) is 0 Å². The topological polar surface area (TPSA) is 52.5 Å². The van der Waals surface area contributed by atoms with Gasteiger partial charge in [0, 0.05) is 5.39 Å². The van der Waals surface area contributed by atoms with Crippen molar-refractivity contribution in [3.63, 3.8) is 0 Å². The first-order valence-corrected chi connectivity index (χ1v) is 5.44. The number of alkyl halides is 3. The highest BCUT2D eigenvalue weighted by Gasteiger charge is 2.30. The largest absolute Gasteiger partial charge is 0.406 e. The van der Waals surface area contributed by atoms with E-state index in [4.69, 9.17) is 22.1 Å². The van der Waals surface area contributed by atoms with Crippen LogP contribution in [0.2, 0.25) is 5.02 Å². The third-order valence-corrected chi connectivity index (χ3v) is 3.00. The minimum Gasteiger partial charge on any atom is -0.323 e. The molecule has 2 rings (SSSR count). The van der Waals surface area contributed by atoms with Crippen molar-refractivity contribution in [2.45, 2.75) is 12.7 Å². The Bertz CT molecular complexity index is 732. The number of benzene rings is 1. The second-order valence-electron chi connectivity index (χ2n) is 3.81. The second kappa shape index (κ2) is 4.49. The van der Waals surface area contributed by atoms with Crippen LogP contribution in [0.1, 0.15) is 11.3 Å². The monoisotopic (exact) mass is 283 g/mol. The summed E-state index contributed by atoms with van der Waals surface area (Å²) in [6.07, 6.45) is -4.45. The van der Waals surface area contributed by atoms with Crippen molar-refractivity contribution in [3.8, 4) is 12.1 Å². The molecule has 0 saturated carbocycles. The quantitative estimate of drug-likeness (QED) is 0.803. The lowest BCUT2D eigenvalue weighted by molar-refractivity contribution is -0.140. The number of rotatable bonds is 1. The Kier molecular flexibility index (Phi) is 3.13. The van der Waals surface area contributed by atoms with Gasteiger partial charge in [-0.2, -0.15) is 23.7 Å². The molecule has 3 nitrogen and oxygen atoms in total. The van der Waals surface area contributed by atoms with Crippen LogP contribution in [-0.4, -0.2) is 10.7 Å². The molecule has 0 spiro atoms. The van der Waals surface area contributed by atoms with Crippen LogP contribution in [0.4, 0.5) is 13.2 Å². The molecule has 1 heterocycles. The van der Waals surface area contributed by atoms with Gasteiger partial charge in [0.1, 0.15) is 24.4 Å². The van der Waals surface area contributed by atoms with E-state index in [9.17, 15) is 13.2 Å². The van der Waals surface area contributed by atoms with Gasteiger partial charge in [-0.3, -0.25) is 0 Å². The average molecular weight is 284 g/mol. The summed E-state index contributed by atoms with van der Waals surface area (Å²) in [4.78, 5) is 0. The average Bonchev–Trinajstić information content (AvgIpc) is 2.67. The highest BCUT2D eigenvalue weighted by atomic mass is 35.5. The summed E-state index contributed by atoms with van der Waals surface area (Å²) in [7, 11) is 0. The first-order valence-electron chi connectivity index (χ1n) is 5.06. The normalized spacial score (nSPS) is 11.3. The molecule has 7 heteroatoms. The number of fused-ring (bicyclic) bond motifs is 1. The fraction of sp³-hybridized carbons (Fsp3) is 0.167. The molecule has 0 unspecified atom stereocenters. The van der Waals surface area contributed by atoms with Crippen LogP contribution in [0, 0.1) is 22.7 Å². The maximum atomic E-state index is 12.5. The number of hydrogen-bond acceptors (Lipinski definition) is 2. The second-order valence-corrected chi connectivity index (χ2v) is 4.19. The van der Waals surface area contributed by atoms with Crippen molar-refractivity contribution in [2.24, 2.45) is 0 Å². The van der Waals surface area contributed by atoms with Gasteiger partial charge in [0.25, 0.3) is 0 Å². The Hall–Kier alpha value is -2.18. The predicted molar refractivity (Wildman–Crippen MR) is 62.4 cm³/mol. The lowest BCUT2D eigenvalue weighted by Gasteiger charge is -2.10. The standard InChI is InChI=1S/C12H5ClF3N3/c13-11-7(4-17)1-2-10-9(11)3-8(5-18)19(10)6-12(14,15)16/h1-3H,6H2. The molecule has 0 N–H and O–H groups in total. The van der Waals surface area contributed by atoms with Crippen molar-refractivity contribution < 1.29 is 13.2 Å². The Labute approximate surface area is 111 Å². The van der Waals surface area contributed by atoms with E-state index in [1.807, 2.05) is 6.07 Å². The molecule has 0 bridgehead atoms. The molecule has 0 atom stereocenters.